The minimum atomic E-state index is -0.731. The monoisotopic (exact) mass is 293 g/mol. The largest absolute Gasteiger partial charge is 0.465 e. The van der Waals surface area contributed by atoms with Crippen LogP contribution in [0.1, 0.15) is 33.4 Å². The zero-order chi connectivity index (χ0) is 14.8. The number of hydrogen-bond donors (Lipinski definition) is 0. The molecule has 0 unspecified atom stereocenters. The number of carbonyl (C=O) groups excluding carboxylic acids is 1. The van der Waals surface area contributed by atoms with E-state index in [0.29, 0.717) is 6.61 Å². The molecule has 0 spiro atoms. The van der Waals surface area contributed by atoms with Gasteiger partial charge in [0.05, 0.1) is 18.5 Å². The minimum absolute atomic E-state index is 0.249. The average Bonchev–Trinajstić information content (AvgIpc) is 3.07. The Morgan fingerprint density at radius 1 is 1.45 bits per heavy atom. The van der Waals surface area contributed by atoms with E-state index in [-0.39, 0.29) is 5.97 Å². The fourth-order valence-electron chi connectivity index (χ4n) is 1.76. The summed E-state index contributed by atoms with van der Waals surface area (Å²) in [4.78, 5) is 16.6. The van der Waals surface area contributed by atoms with E-state index in [2.05, 4.69) is 10.1 Å². The fraction of sp³-hybridized carbons (Fsp3) is 0.500. The Hall–Kier alpha value is -1.69. The second kappa shape index (κ2) is 5.75. The maximum absolute atomic E-state index is 12.0. The summed E-state index contributed by atoms with van der Waals surface area (Å²) in [7, 11) is 0. The molecule has 0 N–H and O–H groups in total. The summed E-state index contributed by atoms with van der Waals surface area (Å²) in [5, 5.41) is 7.02. The van der Waals surface area contributed by atoms with Crippen LogP contribution in [0.5, 0.6) is 0 Å². The Bertz CT molecular complexity index is 601. The summed E-state index contributed by atoms with van der Waals surface area (Å²) in [5.74, 6) is -0.249. The topological polar surface area (TPSA) is 57.0 Å². The SMILES string of the molecule is CCOC(=O)C(C)(C)c1csc(-c2cnn(CC)c2)n1. The lowest BCUT2D eigenvalue weighted by atomic mass is 9.90. The van der Waals surface area contributed by atoms with Gasteiger partial charge in [0.25, 0.3) is 0 Å². The molecule has 0 aromatic carbocycles. The molecule has 0 aliphatic rings. The first-order chi connectivity index (χ1) is 9.48. The molecule has 0 atom stereocenters. The third-order valence-electron chi connectivity index (χ3n) is 3.13. The molecule has 2 heterocycles. The van der Waals surface area contributed by atoms with Crippen molar-refractivity contribution in [1.82, 2.24) is 14.8 Å². The molecule has 2 aromatic heterocycles. The van der Waals surface area contributed by atoms with Crippen molar-refractivity contribution in [3.8, 4) is 10.6 Å². The third kappa shape index (κ3) is 2.75. The van der Waals surface area contributed by atoms with Crippen LogP contribution < -0.4 is 0 Å². The van der Waals surface area contributed by atoms with E-state index in [0.717, 1.165) is 22.8 Å². The molecule has 0 saturated carbocycles. The van der Waals surface area contributed by atoms with Crippen molar-refractivity contribution in [2.45, 2.75) is 39.7 Å². The molecule has 0 radical (unpaired) electrons. The van der Waals surface area contributed by atoms with Crippen LogP contribution in [0.15, 0.2) is 17.8 Å². The highest BCUT2D eigenvalue weighted by atomic mass is 32.1. The van der Waals surface area contributed by atoms with Crippen LogP contribution >= 0.6 is 11.3 Å². The van der Waals surface area contributed by atoms with Gasteiger partial charge in [-0.1, -0.05) is 0 Å². The molecule has 20 heavy (non-hydrogen) atoms. The first kappa shape index (κ1) is 14.7. The smallest absolute Gasteiger partial charge is 0.317 e. The Labute approximate surface area is 122 Å². The second-order valence-electron chi connectivity index (χ2n) is 4.97. The summed E-state index contributed by atoms with van der Waals surface area (Å²) >= 11 is 1.52. The van der Waals surface area contributed by atoms with Crippen LogP contribution in [0.2, 0.25) is 0 Å². The highest BCUT2D eigenvalue weighted by Crippen LogP contribution is 2.30. The molecule has 0 fully saturated rings. The van der Waals surface area contributed by atoms with E-state index in [1.807, 2.05) is 37.0 Å². The van der Waals surface area contributed by atoms with Gasteiger partial charge in [0.15, 0.2) is 0 Å². The van der Waals surface area contributed by atoms with E-state index in [4.69, 9.17) is 4.74 Å². The summed E-state index contributed by atoms with van der Waals surface area (Å²) in [6.07, 6.45) is 3.75. The minimum Gasteiger partial charge on any atom is -0.465 e. The van der Waals surface area contributed by atoms with Crippen molar-refractivity contribution in [3.05, 3.63) is 23.5 Å². The van der Waals surface area contributed by atoms with Gasteiger partial charge in [0, 0.05) is 23.7 Å². The molecule has 0 aliphatic heterocycles. The van der Waals surface area contributed by atoms with Crippen LogP contribution in [0.4, 0.5) is 0 Å². The van der Waals surface area contributed by atoms with Crippen molar-refractivity contribution >= 4 is 17.3 Å². The molecule has 0 saturated heterocycles. The zero-order valence-corrected chi connectivity index (χ0v) is 13.0. The summed E-state index contributed by atoms with van der Waals surface area (Å²) in [6.45, 7) is 8.71. The van der Waals surface area contributed by atoms with Crippen LogP contribution in [-0.2, 0) is 21.5 Å². The third-order valence-corrected chi connectivity index (χ3v) is 4.03. The van der Waals surface area contributed by atoms with Gasteiger partial charge >= 0.3 is 5.97 Å². The molecule has 5 nitrogen and oxygen atoms in total. The Balaban J connectivity index is 2.26. The van der Waals surface area contributed by atoms with Crippen LogP contribution in [-0.4, -0.2) is 27.3 Å². The standard InChI is InChI=1S/C14H19N3O2S/c1-5-17-8-10(7-15-17)12-16-11(9-20-12)14(3,4)13(18)19-6-2/h7-9H,5-6H2,1-4H3. The number of nitrogens with zero attached hydrogens (tertiary/aromatic N) is 3. The molecule has 6 heteroatoms. The summed E-state index contributed by atoms with van der Waals surface area (Å²) < 4.78 is 6.96. The molecule has 2 rings (SSSR count). The number of hydrogen-bond acceptors (Lipinski definition) is 5. The first-order valence-corrected chi connectivity index (χ1v) is 7.53. The van der Waals surface area contributed by atoms with E-state index in [9.17, 15) is 4.79 Å². The number of carbonyl (C=O) groups is 1. The van der Waals surface area contributed by atoms with Crippen LogP contribution in [0, 0.1) is 0 Å². The first-order valence-electron chi connectivity index (χ1n) is 6.65. The van der Waals surface area contributed by atoms with Gasteiger partial charge in [0.1, 0.15) is 10.4 Å². The van der Waals surface area contributed by atoms with E-state index >= 15 is 0 Å². The second-order valence-corrected chi connectivity index (χ2v) is 5.83. The van der Waals surface area contributed by atoms with Crippen molar-refractivity contribution in [1.29, 1.82) is 0 Å². The molecular formula is C14H19N3O2S. The fourth-order valence-corrected chi connectivity index (χ4v) is 2.72. The molecule has 108 valence electrons. The van der Waals surface area contributed by atoms with Gasteiger partial charge in [-0.05, 0) is 27.7 Å². The van der Waals surface area contributed by atoms with Crippen molar-refractivity contribution in [2.75, 3.05) is 6.61 Å². The predicted octanol–water partition coefficient (Wildman–Crippen LogP) is 2.87. The molecule has 0 amide bonds. The molecule has 0 bridgehead atoms. The zero-order valence-electron chi connectivity index (χ0n) is 12.2. The number of rotatable bonds is 5. The average molecular weight is 293 g/mol. The Morgan fingerprint density at radius 2 is 2.20 bits per heavy atom. The lowest BCUT2D eigenvalue weighted by molar-refractivity contribution is -0.148. The van der Waals surface area contributed by atoms with Gasteiger partial charge < -0.3 is 4.74 Å². The molecule has 0 aliphatic carbocycles. The molecule has 2 aromatic rings. The number of aromatic nitrogens is 3. The van der Waals surface area contributed by atoms with E-state index < -0.39 is 5.41 Å². The lowest BCUT2D eigenvalue weighted by Gasteiger charge is -2.19. The summed E-state index contributed by atoms with van der Waals surface area (Å²) in [5.41, 5.74) is 0.980. The van der Waals surface area contributed by atoms with Crippen molar-refractivity contribution in [3.63, 3.8) is 0 Å². The quantitative estimate of drug-likeness (QED) is 0.795. The van der Waals surface area contributed by atoms with Crippen LogP contribution in [0.3, 0.4) is 0 Å². The highest BCUT2D eigenvalue weighted by molar-refractivity contribution is 7.13. The number of thiazole rings is 1. The highest BCUT2D eigenvalue weighted by Gasteiger charge is 2.34. The maximum atomic E-state index is 12.0. The maximum Gasteiger partial charge on any atom is 0.317 e. The Kier molecular flexibility index (Phi) is 4.23. The lowest BCUT2D eigenvalue weighted by Crippen LogP contribution is -2.31. The number of esters is 1. The normalized spacial score (nSPS) is 11.6. The van der Waals surface area contributed by atoms with Gasteiger partial charge in [-0.3, -0.25) is 9.48 Å². The van der Waals surface area contributed by atoms with Crippen LogP contribution in [0.25, 0.3) is 10.6 Å². The van der Waals surface area contributed by atoms with E-state index in [1.165, 1.54) is 11.3 Å². The van der Waals surface area contributed by atoms with Crippen molar-refractivity contribution in [2.24, 2.45) is 0 Å². The van der Waals surface area contributed by atoms with Gasteiger partial charge in [-0.25, -0.2) is 4.98 Å². The van der Waals surface area contributed by atoms with E-state index in [1.54, 1.807) is 13.1 Å². The van der Waals surface area contributed by atoms with Gasteiger partial charge in [-0.15, -0.1) is 11.3 Å². The van der Waals surface area contributed by atoms with Crippen molar-refractivity contribution < 1.29 is 9.53 Å². The Morgan fingerprint density at radius 3 is 2.80 bits per heavy atom. The number of aryl methyl sites for hydroxylation is 1. The summed E-state index contributed by atoms with van der Waals surface area (Å²) in [6, 6.07) is 0. The van der Waals surface area contributed by atoms with Gasteiger partial charge in [-0.2, -0.15) is 5.10 Å². The number of ether oxygens (including phenoxy) is 1. The molecular weight excluding hydrogens is 274 g/mol. The predicted molar refractivity (Wildman–Crippen MR) is 78.7 cm³/mol. The van der Waals surface area contributed by atoms with Gasteiger partial charge in [0.2, 0.25) is 0 Å².